The zero-order valence-electron chi connectivity index (χ0n) is 14.7. The van der Waals surface area contributed by atoms with Crippen LogP contribution < -0.4 is 4.72 Å². The summed E-state index contributed by atoms with van der Waals surface area (Å²) in [6.45, 7) is 2.60. The Morgan fingerprint density at radius 2 is 1.85 bits per heavy atom. The average Bonchev–Trinajstić information content (AvgIpc) is 3.07. The van der Waals surface area contributed by atoms with Crippen molar-refractivity contribution in [2.24, 2.45) is 0 Å². The second-order valence-electron chi connectivity index (χ2n) is 6.32. The van der Waals surface area contributed by atoms with Crippen LogP contribution in [0.3, 0.4) is 0 Å². The van der Waals surface area contributed by atoms with Gasteiger partial charge in [-0.1, -0.05) is 48.0 Å². The van der Waals surface area contributed by atoms with Crippen molar-refractivity contribution in [3.63, 3.8) is 0 Å². The van der Waals surface area contributed by atoms with Gasteiger partial charge in [-0.25, -0.2) is 8.42 Å². The Hall–Kier alpha value is -3.19. The summed E-state index contributed by atoms with van der Waals surface area (Å²) in [4.78, 5) is 4.35. The maximum atomic E-state index is 12.8. The maximum Gasteiger partial charge on any atom is 0.265 e. The lowest BCUT2D eigenvalue weighted by Crippen LogP contribution is -2.14. The SMILES string of the molecule is Cc1cccc(Cn2ccc(NS(=O)(=O)c3cccc4cccnc34)n2)c1. The molecular weight excluding hydrogens is 360 g/mol. The Morgan fingerprint density at radius 3 is 2.70 bits per heavy atom. The Balaban J connectivity index is 1.59. The van der Waals surface area contributed by atoms with Crippen LogP contribution >= 0.6 is 0 Å². The summed E-state index contributed by atoms with van der Waals surface area (Å²) in [7, 11) is -3.79. The van der Waals surface area contributed by atoms with E-state index in [2.05, 4.69) is 20.9 Å². The number of fused-ring (bicyclic) bond motifs is 1. The number of hydrogen-bond acceptors (Lipinski definition) is 4. The molecule has 0 aliphatic rings. The lowest BCUT2D eigenvalue weighted by Gasteiger charge is -2.08. The van der Waals surface area contributed by atoms with E-state index in [9.17, 15) is 8.42 Å². The second kappa shape index (κ2) is 6.85. The number of nitrogens with zero attached hydrogens (tertiary/aromatic N) is 3. The van der Waals surface area contributed by atoms with Crippen LogP contribution in [0.5, 0.6) is 0 Å². The highest BCUT2D eigenvalue weighted by molar-refractivity contribution is 7.93. The highest BCUT2D eigenvalue weighted by atomic mass is 32.2. The van der Waals surface area contributed by atoms with Gasteiger partial charge in [-0.2, -0.15) is 5.10 Å². The van der Waals surface area contributed by atoms with Crippen LogP contribution in [0.25, 0.3) is 10.9 Å². The molecule has 0 bridgehead atoms. The fourth-order valence-corrected chi connectivity index (χ4v) is 4.16. The number of aryl methyl sites for hydroxylation is 1. The summed E-state index contributed by atoms with van der Waals surface area (Å²) in [5.74, 6) is 0.274. The highest BCUT2D eigenvalue weighted by Gasteiger charge is 2.19. The number of sulfonamides is 1. The maximum absolute atomic E-state index is 12.8. The van der Waals surface area contributed by atoms with Crippen LogP contribution in [0.1, 0.15) is 11.1 Å². The van der Waals surface area contributed by atoms with Gasteiger partial charge < -0.3 is 0 Å². The molecular formula is C20H18N4O2S. The van der Waals surface area contributed by atoms with Crippen molar-refractivity contribution in [2.75, 3.05) is 4.72 Å². The molecule has 0 aliphatic heterocycles. The highest BCUT2D eigenvalue weighted by Crippen LogP contribution is 2.22. The van der Waals surface area contributed by atoms with E-state index >= 15 is 0 Å². The van der Waals surface area contributed by atoms with Gasteiger partial charge in [0.25, 0.3) is 10.0 Å². The Bertz CT molecular complexity index is 1210. The van der Waals surface area contributed by atoms with E-state index in [1.807, 2.05) is 37.3 Å². The molecule has 0 spiro atoms. The van der Waals surface area contributed by atoms with Gasteiger partial charge in [0.15, 0.2) is 5.82 Å². The Kier molecular flexibility index (Phi) is 4.37. The van der Waals surface area contributed by atoms with Crippen molar-refractivity contribution in [1.82, 2.24) is 14.8 Å². The zero-order valence-corrected chi connectivity index (χ0v) is 15.5. The minimum absolute atomic E-state index is 0.133. The quantitative estimate of drug-likeness (QED) is 0.576. The van der Waals surface area contributed by atoms with E-state index in [0.29, 0.717) is 12.1 Å². The number of benzene rings is 2. The first-order chi connectivity index (χ1) is 13.0. The molecule has 7 heteroatoms. The normalized spacial score (nSPS) is 11.6. The molecule has 6 nitrogen and oxygen atoms in total. The van der Waals surface area contributed by atoms with Crippen LogP contribution in [0.15, 0.2) is 78.0 Å². The van der Waals surface area contributed by atoms with Crippen LogP contribution in [-0.2, 0) is 16.6 Å². The molecule has 4 rings (SSSR count). The molecule has 0 aliphatic carbocycles. The monoisotopic (exact) mass is 378 g/mol. The minimum atomic E-state index is -3.79. The summed E-state index contributed by atoms with van der Waals surface area (Å²) in [6.07, 6.45) is 3.33. The van der Waals surface area contributed by atoms with E-state index in [1.54, 1.807) is 41.3 Å². The molecule has 0 saturated carbocycles. The van der Waals surface area contributed by atoms with Crippen molar-refractivity contribution >= 4 is 26.7 Å². The van der Waals surface area contributed by atoms with Gasteiger partial charge in [0, 0.05) is 23.8 Å². The number of anilines is 1. The lowest BCUT2D eigenvalue weighted by molar-refractivity contribution is 0.601. The number of para-hydroxylation sites is 1. The van der Waals surface area contributed by atoms with Gasteiger partial charge in [0.1, 0.15) is 4.90 Å². The van der Waals surface area contributed by atoms with Crippen molar-refractivity contribution in [2.45, 2.75) is 18.4 Å². The van der Waals surface area contributed by atoms with Crippen molar-refractivity contribution in [1.29, 1.82) is 0 Å². The lowest BCUT2D eigenvalue weighted by atomic mass is 10.1. The number of nitrogens with one attached hydrogen (secondary N) is 1. The van der Waals surface area contributed by atoms with Crippen LogP contribution in [0.4, 0.5) is 5.82 Å². The first-order valence-corrected chi connectivity index (χ1v) is 9.95. The third-order valence-corrected chi connectivity index (χ3v) is 5.58. The van der Waals surface area contributed by atoms with E-state index in [4.69, 9.17) is 0 Å². The van der Waals surface area contributed by atoms with Crippen LogP contribution in [0.2, 0.25) is 0 Å². The molecule has 2 aromatic carbocycles. The Labute approximate surface area is 157 Å². The summed E-state index contributed by atoms with van der Waals surface area (Å²) >= 11 is 0. The minimum Gasteiger partial charge on any atom is -0.266 e. The zero-order chi connectivity index (χ0) is 18.9. The molecule has 0 fully saturated rings. The third-order valence-electron chi connectivity index (χ3n) is 4.19. The van der Waals surface area contributed by atoms with Gasteiger partial charge in [-0.15, -0.1) is 0 Å². The number of pyridine rings is 1. The fraction of sp³-hybridized carbons (Fsp3) is 0.100. The number of aromatic nitrogens is 3. The molecule has 0 amide bonds. The fourth-order valence-electron chi connectivity index (χ4n) is 2.99. The third kappa shape index (κ3) is 3.68. The van der Waals surface area contributed by atoms with Gasteiger partial charge >= 0.3 is 0 Å². The predicted molar refractivity (Wildman–Crippen MR) is 105 cm³/mol. The largest absolute Gasteiger partial charge is 0.266 e. The van der Waals surface area contributed by atoms with E-state index in [1.165, 1.54) is 5.56 Å². The smallest absolute Gasteiger partial charge is 0.265 e. The predicted octanol–water partition coefficient (Wildman–Crippen LogP) is 3.59. The molecule has 0 saturated heterocycles. The topological polar surface area (TPSA) is 76.9 Å². The molecule has 136 valence electrons. The van der Waals surface area contributed by atoms with Gasteiger partial charge in [-0.3, -0.25) is 14.4 Å². The summed E-state index contributed by atoms with van der Waals surface area (Å²) in [5.41, 5.74) is 2.71. The van der Waals surface area contributed by atoms with Crippen molar-refractivity contribution in [3.8, 4) is 0 Å². The molecule has 0 radical (unpaired) electrons. The van der Waals surface area contributed by atoms with Gasteiger partial charge in [0.2, 0.25) is 0 Å². The van der Waals surface area contributed by atoms with Crippen molar-refractivity contribution < 1.29 is 8.42 Å². The molecule has 2 heterocycles. The van der Waals surface area contributed by atoms with E-state index in [-0.39, 0.29) is 10.7 Å². The summed E-state index contributed by atoms with van der Waals surface area (Å²) in [5, 5.41) is 5.10. The van der Waals surface area contributed by atoms with Gasteiger partial charge in [0.05, 0.1) is 12.1 Å². The molecule has 1 N–H and O–H groups in total. The standard InChI is InChI=1S/C20H18N4O2S/c1-15-5-2-6-16(13-15)14-24-12-10-19(22-24)23-27(25,26)18-9-3-7-17-8-4-11-21-20(17)18/h2-13H,14H2,1H3,(H,22,23). The molecule has 4 aromatic rings. The Morgan fingerprint density at radius 1 is 1.04 bits per heavy atom. The van der Waals surface area contributed by atoms with Crippen molar-refractivity contribution in [3.05, 3.63) is 84.2 Å². The van der Waals surface area contributed by atoms with Crippen LogP contribution in [0, 0.1) is 6.92 Å². The van der Waals surface area contributed by atoms with E-state index in [0.717, 1.165) is 10.9 Å². The van der Waals surface area contributed by atoms with E-state index < -0.39 is 10.0 Å². The summed E-state index contributed by atoms with van der Waals surface area (Å²) in [6, 6.07) is 18.4. The molecule has 27 heavy (non-hydrogen) atoms. The first kappa shape index (κ1) is 17.2. The average molecular weight is 378 g/mol. The number of hydrogen-bond donors (Lipinski definition) is 1. The van der Waals surface area contributed by atoms with Gasteiger partial charge in [-0.05, 0) is 24.6 Å². The molecule has 2 aromatic heterocycles. The summed E-state index contributed by atoms with van der Waals surface area (Å²) < 4.78 is 29.9. The molecule has 0 unspecified atom stereocenters. The molecule has 0 atom stereocenters. The number of rotatable bonds is 5. The van der Waals surface area contributed by atoms with Crippen LogP contribution in [-0.4, -0.2) is 23.2 Å². The first-order valence-electron chi connectivity index (χ1n) is 8.47. The second-order valence-corrected chi connectivity index (χ2v) is 7.98.